The highest BCUT2D eigenvalue weighted by molar-refractivity contribution is 6.30. The van der Waals surface area contributed by atoms with Gasteiger partial charge in [0.15, 0.2) is 0 Å². The lowest BCUT2D eigenvalue weighted by molar-refractivity contribution is -0.137. The number of piperidine rings is 1. The lowest BCUT2D eigenvalue weighted by Crippen LogP contribution is -2.49. The molecule has 0 aromatic heterocycles. The summed E-state index contributed by atoms with van der Waals surface area (Å²) in [6, 6.07) is 5.80. The van der Waals surface area contributed by atoms with Crippen molar-refractivity contribution in [2.24, 2.45) is 5.73 Å². The molecule has 19 heavy (non-hydrogen) atoms. The molecule has 1 saturated heterocycles. The van der Waals surface area contributed by atoms with Gasteiger partial charge in [0.05, 0.1) is 6.04 Å². The van der Waals surface area contributed by atoms with E-state index in [1.165, 1.54) is 0 Å². The van der Waals surface area contributed by atoms with E-state index in [9.17, 15) is 4.79 Å². The van der Waals surface area contributed by atoms with Gasteiger partial charge in [-0.25, -0.2) is 0 Å². The summed E-state index contributed by atoms with van der Waals surface area (Å²) in [5.41, 5.74) is 8.50. The number of nitrogens with two attached hydrogens (primary N) is 1. The number of rotatable bonds is 3. The number of amides is 1. The molecule has 1 aromatic carbocycles. The van der Waals surface area contributed by atoms with E-state index in [0.29, 0.717) is 6.42 Å². The maximum atomic E-state index is 12.1. The normalized spacial score (nSPS) is 23.8. The first kappa shape index (κ1) is 14.4. The fraction of sp³-hybridized carbons (Fsp3) is 0.533. The van der Waals surface area contributed by atoms with Gasteiger partial charge in [0.25, 0.3) is 0 Å². The molecule has 0 spiro atoms. The Labute approximate surface area is 119 Å². The predicted molar refractivity (Wildman–Crippen MR) is 78.1 cm³/mol. The minimum Gasteiger partial charge on any atom is -0.334 e. The smallest absolute Gasteiger partial charge is 0.223 e. The summed E-state index contributed by atoms with van der Waals surface area (Å²) in [6.07, 6.45) is 2.26. The lowest BCUT2D eigenvalue weighted by atomic mass is 9.88. The van der Waals surface area contributed by atoms with Gasteiger partial charge in [-0.2, -0.15) is 0 Å². The Kier molecular flexibility index (Phi) is 4.48. The Hall–Kier alpha value is -1.06. The number of nitrogens with zero attached hydrogens (tertiary/aromatic N) is 1. The summed E-state index contributed by atoms with van der Waals surface area (Å²) >= 11 is 6.01. The first-order chi connectivity index (χ1) is 9.04. The van der Waals surface area contributed by atoms with Crippen molar-refractivity contribution in [2.75, 3.05) is 6.54 Å². The standard InChI is InChI=1S/C15H21ClN2O/c1-3-8-18-14(19)7-6-13(17)15(18)12-5-4-11(16)9-10(12)2/h4-5,9,13,15H,3,6-8,17H2,1-2H3. The molecule has 1 heterocycles. The maximum absolute atomic E-state index is 12.1. The number of hydrogen-bond acceptors (Lipinski definition) is 2. The Balaban J connectivity index is 2.39. The zero-order chi connectivity index (χ0) is 14.0. The van der Waals surface area contributed by atoms with Crippen molar-refractivity contribution < 1.29 is 4.79 Å². The Morgan fingerprint density at radius 3 is 2.84 bits per heavy atom. The highest BCUT2D eigenvalue weighted by atomic mass is 35.5. The third-order valence-electron chi connectivity index (χ3n) is 3.77. The summed E-state index contributed by atoms with van der Waals surface area (Å²) in [5.74, 6) is 0.211. The number of carbonyl (C=O) groups is 1. The average molecular weight is 281 g/mol. The molecule has 4 heteroatoms. The minimum atomic E-state index is -0.0153. The SMILES string of the molecule is CCCN1C(=O)CCC(N)C1c1ccc(Cl)cc1C. The molecule has 2 N–H and O–H groups in total. The van der Waals surface area contributed by atoms with Gasteiger partial charge >= 0.3 is 0 Å². The number of carbonyl (C=O) groups excluding carboxylic acids is 1. The second-order valence-electron chi connectivity index (χ2n) is 5.24. The van der Waals surface area contributed by atoms with E-state index in [2.05, 4.69) is 6.92 Å². The van der Waals surface area contributed by atoms with Crippen LogP contribution in [-0.4, -0.2) is 23.4 Å². The van der Waals surface area contributed by atoms with Crippen molar-refractivity contribution in [3.05, 3.63) is 34.3 Å². The van der Waals surface area contributed by atoms with Crippen LogP contribution >= 0.6 is 11.6 Å². The summed E-state index contributed by atoms with van der Waals surface area (Å²) in [5, 5.41) is 0.721. The summed E-state index contributed by atoms with van der Waals surface area (Å²) in [7, 11) is 0. The summed E-state index contributed by atoms with van der Waals surface area (Å²) in [4.78, 5) is 14.1. The van der Waals surface area contributed by atoms with Crippen LogP contribution in [0.3, 0.4) is 0 Å². The molecular weight excluding hydrogens is 260 g/mol. The highest BCUT2D eigenvalue weighted by Gasteiger charge is 2.34. The lowest BCUT2D eigenvalue weighted by Gasteiger charge is -2.40. The Bertz CT molecular complexity index is 475. The molecule has 0 aliphatic carbocycles. The van der Waals surface area contributed by atoms with Crippen molar-refractivity contribution in [2.45, 2.75) is 45.2 Å². The van der Waals surface area contributed by atoms with Crippen LogP contribution in [-0.2, 0) is 4.79 Å². The van der Waals surface area contributed by atoms with E-state index in [0.717, 1.165) is 35.5 Å². The molecule has 1 amide bonds. The molecule has 0 bridgehead atoms. The maximum Gasteiger partial charge on any atom is 0.223 e. The van der Waals surface area contributed by atoms with Gasteiger partial charge in [-0.3, -0.25) is 4.79 Å². The predicted octanol–water partition coefficient (Wildman–Crippen LogP) is 3.05. The molecule has 3 nitrogen and oxygen atoms in total. The molecule has 0 radical (unpaired) electrons. The van der Waals surface area contributed by atoms with Crippen LogP contribution in [0.25, 0.3) is 0 Å². The Morgan fingerprint density at radius 1 is 1.47 bits per heavy atom. The van der Waals surface area contributed by atoms with Crippen LogP contribution < -0.4 is 5.73 Å². The van der Waals surface area contributed by atoms with Crippen molar-refractivity contribution >= 4 is 17.5 Å². The van der Waals surface area contributed by atoms with Crippen molar-refractivity contribution in [1.82, 2.24) is 4.90 Å². The van der Waals surface area contributed by atoms with E-state index in [1.54, 1.807) is 0 Å². The van der Waals surface area contributed by atoms with Crippen molar-refractivity contribution in [3.63, 3.8) is 0 Å². The van der Waals surface area contributed by atoms with Crippen molar-refractivity contribution in [1.29, 1.82) is 0 Å². The monoisotopic (exact) mass is 280 g/mol. The molecule has 1 aromatic rings. The number of benzene rings is 1. The van der Waals surface area contributed by atoms with Crippen molar-refractivity contribution in [3.8, 4) is 0 Å². The van der Waals surface area contributed by atoms with E-state index in [1.807, 2.05) is 30.0 Å². The van der Waals surface area contributed by atoms with E-state index in [-0.39, 0.29) is 18.0 Å². The molecule has 1 aliphatic rings. The van der Waals surface area contributed by atoms with Gasteiger partial charge in [-0.15, -0.1) is 0 Å². The quantitative estimate of drug-likeness (QED) is 0.925. The van der Waals surface area contributed by atoms with Gasteiger partial charge in [0, 0.05) is 24.0 Å². The van der Waals surface area contributed by atoms with Crippen LogP contribution in [0.2, 0.25) is 5.02 Å². The molecule has 2 atom stereocenters. The van der Waals surface area contributed by atoms with E-state index >= 15 is 0 Å². The van der Waals surface area contributed by atoms with Gasteiger partial charge < -0.3 is 10.6 Å². The first-order valence-electron chi connectivity index (χ1n) is 6.85. The van der Waals surface area contributed by atoms with E-state index < -0.39 is 0 Å². The number of halogens is 1. The number of aryl methyl sites for hydroxylation is 1. The van der Waals surface area contributed by atoms with E-state index in [4.69, 9.17) is 17.3 Å². The number of likely N-dealkylation sites (tertiary alicyclic amines) is 1. The highest BCUT2D eigenvalue weighted by Crippen LogP contribution is 2.33. The van der Waals surface area contributed by atoms with Crippen LogP contribution in [0, 0.1) is 6.92 Å². The summed E-state index contributed by atoms with van der Waals surface area (Å²) in [6.45, 7) is 4.87. The van der Waals surface area contributed by atoms with Gasteiger partial charge in [0.2, 0.25) is 5.91 Å². The molecule has 1 aliphatic heterocycles. The molecule has 2 rings (SSSR count). The molecule has 1 fully saturated rings. The van der Waals surface area contributed by atoms with Crippen LogP contribution in [0.4, 0.5) is 0 Å². The fourth-order valence-corrected chi connectivity index (χ4v) is 3.08. The largest absolute Gasteiger partial charge is 0.334 e. The second kappa shape index (κ2) is 5.93. The zero-order valence-electron chi connectivity index (χ0n) is 11.5. The summed E-state index contributed by atoms with van der Waals surface area (Å²) < 4.78 is 0. The fourth-order valence-electron chi connectivity index (χ4n) is 2.85. The van der Waals surface area contributed by atoms with Crippen LogP contribution in [0.1, 0.15) is 43.4 Å². The van der Waals surface area contributed by atoms with Gasteiger partial charge in [0.1, 0.15) is 0 Å². The average Bonchev–Trinajstić information content (AvgIpc) is 2.36. The topological polar surface area (TPSA) is 46.3 Å². The number of hydrogen-bond donors (Lipinski definition) is 1. The third-order valence-corrected chi connectivity index (χ3v) is 4.00. The van der Waals surface area contributed by atoms with Crippen LogP contribution in [0.15, 0.2) is 18.2 Å². The molecule has 104 valence electrons. The van der Waals surface area contributed by atoms with Gasteiger partial charge in [-0.1, -0.05) is 24.6 Å². The third kappa shape index (κ3) is 2.93. The Morgan fingerprint density at radius 2 is 2.21 bits per heavy atom. The zero-order valence-corrected chi connectivity index (χ0v) is 12.3. The second-order valence-corrected chi connectivity index (χ2v) is 5.67. The molecular formula is C15H21ClN2O. The minimum absolute atomic E-state index is 0.00382. The molecule has 2 unspecified atom stereocenters. The van der Waals surface area contributed by atoms with Crippen LogP contribution in [0.5, 0.6) is 0 Å². The first-order valence-corrected chi connectivity index (χ1v) is 7.23. The van der Waals surface area contributed by atoms with Gasteiger partial charge in [-0.05, 0) is 43.0 Å². The molecule has 0 saturated carbocycles.